The molecule has 5 nitrogen and oxygen atoms in total. The molecule has 0 radical (unpaired) electrons. The van der Waals surface area contributed by atoms with Crippen LogP contribution >= 0.6 is 0 Å². The summed E-state index contributed by atoms with van der Waals surface area (Å²) >= 11 is 0. The monoisotopic (exact) mass is 309 g/mol. The van der Waals surface area contributed by atoms with Gasteiger partial charge in [-0.3, -0.25) is 4.90 Å². The molecule has 1 aromatic heterocycles. The predicted octanol–water partition coefficient (Wildman–Crippen LogP) is 2.64. The molecule has 5 heteroatoms. The number of hydrogen-bond acceptors (Lipinski definition) is 5. The molecular weight excluding hydrogens is 290 g/mol. The molecule has 0 N–H and O–H groups in total. The number of ether oxygens (including phenoxy) is 2. The van der Waals surface area contributed by atoms with E-state index in [-0.39, 0.29) is 6.10 Å². The van der Waals surface area contributed by atoms with Crippen LogP contribution in [0, 0.1) is 11.3 Å². The number of nitriles is 1. The Bertz CT molecular complexity index is 669. The third kappa shape index (κ3) is 4.21. The maximum atomic E-state index is 8.87. The van der Waals surface area contributed by atoms with Crippen LogP contribution in [0.3, 0.4) is 0 Å². The van der Waals surface area contributed by atoms with E-state index in [2.05, 4.69) is 28.1 Å². The lowest BCUT2D eigenvalue weighted by Crippen LogP contribution is -2.41. The fourth-order valence-corrected chi connectivity index (χ4v) is 2.61. The van der Waals surface area contributed by atoms with Crippen LogP contribution < -0.4 is 9.47 Å². The molecule has 0 saturated carbocycles. The van der Waals surface area contributed by atoms with Gasteiger partial charge in [0, 0.05) is 32.3 Å². The van der Waals surface area contributed by atoms with Gasteiger partial charge in [-0.05, 0) is 17.7 Å². The van der Waals surface area contributed by atoms with Gasteiger partial charge in [0.05, 0.1) is 6.07 Å². The Hall–Kier alpha value is -2.58. The smallest absolute Gasteiger partial charge is 0.257 e. The summed E-state index contributed by atoms with van der Waals surface area (Å²) in [6.45, 7) is 2.70. The van der Waals surface area contributed by atoms with Crippen LogP contribution in [0.5, 0.6) is 11.6 Å². The molecule has 23 heavy (non-hydrogen) atoms. The van der Waals surface area contributed by atoms with Gasteiger partial charge in [0.15, 0.2) is 5.75 Å². The van der Waals surface area contributed by atoms with Gasteiger partial charge >= 0.3 is 0 Å². The zero-order valence-electron chi connectivity index (χ0n) is 12.9. The molecule has 2 heterocycles. The molecule has 0 amide bonds. The average Bonchev–Trinajstić information content (AvgIpc) is 2.60. The van der Waals surface area contributed by atoms with Crippen molar-refractivity contribution >= 4 is 0 Å². The topological polar surface area (TPSA) is 58.4 Å². The molecule has 0 saturated heterocycles. The van der Waals surface area contributed by atoms with Crippen molar-refractivity contribution in [1.29, 1.82) is 5.26 Å². The van der Waals surface area contributed by atoms with Crippen LogP contribution in [0.2, 0.25) is 0 Å². The Kier molecular flexibility index (Phi) is 5.07. The quantitative estimate of drug-likeness (QED) is 0.821. The van der Waals surface area contributed by atoms with E-state index in [0.717, 1.165) is 6.54 Å². The summed E-state index contributed by atoms with van der Waals surface area (Å²) < 4.78 is 11.6. The van der Waals surface area contributed by atoms with Crippen LogP contribution in [-0.2, 0) is 6.54 Å². The Morgan fingerprint density at radius 1 is 1.22 bits per heavy atom. The number of rotatable bonds is 6. The van der Waals surface area contributed by atoms with E-state index in [0.29, 0.717) is 37.7 Å². The van der Waals surface area contributed by atoms with Crippen LogP contribution in [0.4, 0.5) is 0 Å². The zero-order valence-corrected chi connectivity index (χ0v) is 12.9. The first kappa shape index (κ1) is 15.3. The lowest BCUT2D eigenvalue weighted by Gasteiger charge is -2.30. The summed E-state index contributed by atoms with van der Waals surface area (Å²) in [7, 11) is 0. The van der Waals surface area contributed by atoms with Gasteiger partial charge in [-0.2, -0.15) is 5.26 Å². The summed E-state index contributed by atoms with van der Waals surface area (Å²) in [6, 6.07) is 16.1. The number of fused-ring (bicyclic) bond motifs is 1. The molecule has 1 unspecified atom stereocenters. The van der Waals surface area contributed by atoms with Crippen molar-refractivity contribution in [3.63, 3.8) is 0 Å². The molecule has 118 valence electrons. The summed E-state index contributed by atoms with van der Waals surface area (Å²) in [5, 5.41) is 8.87. The van der Waals surface area contributed by atoms with E-state index in [1.54, 1.807) is 6.20 Å². The number of aromatic nitrogens is 1. The summed E-state index contributed by atoms with van der Waals surface area (Å²) in [5.74, 6) is 1.24. The second-order valence-corrected chi connectivity index (χ2v) is 5.49. The molecule has 1 atom stereocenters. The average molecular weight is 309 g/mol. The molecule has 3 rings (SSSR count). The molecule has 0 aliphatic carbocycles. The van der Waals surface area contributed by atoms with Gasteiger partial charge in [-0.25, -0.2) is 4.98 Å². The van der Waals surface area contributed by atoms with Crippen molar-refractivity contribution in [1.82, 2.24) is 9.88 Å². The van der Waals surface area contributed by atoms with Crippen LogP contribution in [-0.4, -0.2) is 35.7 Å². The third-order valence-electron chi connectivity index (χ3n) is 3.69. The molecule has 0 spiro atoms. The highest BCUT2D eigenvalue weighted by Gasteiger charge is 2.24. The highest BCUT2D eigenvalue weighted by atomic mass is 16.6. The standard InChI is InChI=1S/C18H19N3O2/c19-9-5-11-21(12-15-6-2-1-3-7-15)13-16-14-22-17-8-4-10-20-18(17)23-16/h1-4,6-8,10,16H,5,11-14H2. The second-order valence-electron chi connectivity index (χ2n) is 5.49. The van der Waals surface area contributed by atoms with Crippen molar-refractivity contribution in [2.45, 2.75) is 19.1 Å². The van der Waals surface area contributed by atoms with Gasteiger partial charge in [0.1, 0.15) is 12.7 Å². The van der Waals surface area contributed by atoms with Crippen LogP contribution in [0.15, 0.2) is 48.7 Å². The van der Waals surface area contributed by atoms with Gasteiger partial charge < -0.3 is 9.47 Å². The first-order valence-corrected chi connectivity index (χ1v) is 7.73. The zero-order chi connectivity index (χ0) is 15.9. The van der Waals surface area contributed by atoms with E-state index in [1.165, 1.54) is 5.56 Å². The normalized spacial score (nSPS) is 16.1. The molecule has 1 aliphatic heterocycles. The van der Waals surface area contributed by atoms with Gasteiger partial charge in [0.25, 0.3) is 5.88 Å². The maximum Gasteiger partial charge on any atom is 0.257 e. The van der Waals surface area contributed by atoms with Gasteiger partial charge in [-0.1, -0.05) is 30.3 Å². The lowest BCUT2D eigenvalue weighted by atomic mass is 10.2. The minimum absolute atomic E-state index is 0.0835. The summed E-state index contributed by atoms with van der Waals surface area (Å²) in [5.41, 5.74) is 1.22. The molecule has 0 bridgehead atoms. The summed E-state index contributed by atoms with van der Waals surface area (Å²) in [4.78, 5) is 6.43. The van der Waals surface area contributed by atoms with Crippen molar-refractivity contribution in [2.24, 2.45) is 0 Å². The van der Waals surface area contributed by atoms with E-state index in [9.17, 15) is 0 Å². The van der Waals surface area contributed by atoms with Crippen LogP contribution in [0.25, 0.3) is 0 Å². The molecular formula is C18H19N3O2. The maximum absolute atomic E-state index is 8.87. The van der Waals surface area contributed by atoms with E-state index < -0.39 is 0 Å². The van der Waals surface area contributed by atoms with E-state index in [1.807, 2.05) is 30.3 Å². The van der Waals surface area contributed by atoms with Crippen molar-refractivity contribution in [2.75, 3.05) is 19.7 Å². The van der Waals surface area contributed by atoms with Crippen molar-refractivity contribution in [3.05, 3.63) is 54.2 Å². The molecule has 1 aliphatic rings. The first-order valence-electron chi connectivity index (χ1n) is 7.73. The largest absolute Gasteiger partial charge is 0.484 e. The van der Waals surface area contributed by atoms with Gasteiger partial charge in [-0.15, -0.1) is 0 Å². The highest BCUT2D eigenvalue weighted by molar-refractivity contribution is 5.34. The Morgan fingerprint density at radius 2 is 2.09 bits per heavy atom. The Labute approximate surface area is 136 Å². The Morgan fingerprint density at radius 3 is 2.91 bits per heavy atom. The Balaban J connectivity index is 1.63. The summed E-state index contributed by atoms with van der Waals surface area (Å²) in [6.07, 6.45) is 2.11. The third-order valence-corrected chi connectivity index (χ3v) is 3.69. The predicted molar refractivity (Wildman–Crippen MR) is 86.1 cm³/mol. The first-order chi connectivity index (χ1) is 11.3. The number of pyridine rings is 1. The van der Waals surface area contributed by atoms with Crippen LogP contribution in [0.1, 0.15) is 12.0 Å². The number of benzene rings is 1. The number of nitrogens with zero attached hydrogens (tertiary/aromatic N) is 3. The van der Waals surface area contributed by atoms with E-state index in [4.69, 9.17) is 14.7 Å². The minimum Gasteiger partial charge on any atom is -0.484 e. The van der Waals surface area contributed by atoms with Gasteiger partial charge in [0.2, 0.25) is 0 Å². The molecule has 1 aromatic carbocycles. The lowest BCUT2D eigenvalue weighted by molar-refractivity contribution is 0.0523. The molecule has 0 fully saturated rings. The number of hydrogen-bond donors (Lipinski definition) is 0. The second kappa shape index (κ2) is 7.61. The van der Waals surface area contributed by atoms with Crippen molar-refractivity contribution < 1.29 is 9.47 Å². The fourth-order valence-electron chi connectivity index (χ4n) is 2.61. The molecule has 2 aromatic rings. The minimum atomic E-state index is -0.0835. The highest BCUT2D eigenvalue weighted by Crippen LogP contribution is 2.28. The van der Waals surface area contributed by atoms with Crippen molar-refractivity contribution in [3.8, 4) is 17.7 Å². The fraction of sp³-hybridized carbons (Fsp3) is 0.333. The van der Waals surface area contributed by atoms with E-state index >= 15 is 0 Å². The SMILES string of the molecule is N#CCCN(Cc1ccccc1)CC1COc2cccnc2O1.